The van der Waals surface area contributed by atoms with Crippen LogP contribution in [-0.2, 0) is 0 Å². The Morgan fingerprint density at radius 3 is 2.33 bits per heavy atom. The zero-order chi connectivity index (χ0) is 9.14. The Kier molecular flexibility index (Phi) is 3.51. The zero-order valence-corrected chi connectivity index (χ0v) is 8.31. The first-order chi connectivity index (χ1) is 5.59. The predicted molar refractivity (Wildman–Crippen MR) is 50.0 cm³/mol. The normalized spacial score (nSPS) is 32.8. The molecule has 1 fully saturated rings. The minimum Gasteiger partial charge on any atom is -0.311 e. The molecule has 0 aromatic rings. The third-order valence-electron chi connectivity index (χ3n) is 2.87. The maximum absolute atomic E-state index is 12.8. The summed E-state index contributed by atoms with van der Waals surface area (Å²) in [4.78, 5) is 0. The molecule has 1 nitrogen and oxygen atoms in total. The van der Waals surface area contributed by atoms with Crippen LogP contribution in [0.3, 0.4) is 0 Å². The molecule has 0 amide bonds. The Morgan fingerprint density at radius 2 is 1.92 bits per heavy atom. The van der Waals surface area contributed by atoms with E-state index >= 15 is 0 Å². The fourth-order valence-corrected chi connectivity index (χ4v) is 1.64. The third kappa shape index (κ3) is 2.74. The molecule has 0 radical (unpaired) electrons. The molecule has 1 saturated carbocycles. The number of hydrogen-bond donors (Lipinski definition) is 1. The molecule has 2 heteroatoms. The molecule has 1 rings (SSSR count). The van der Waals surface area contributed by atoms with Gasteiger partial charge in [-0.25, -0.2) is 4.39 Å². The van der Waals surface area contributed by atoms with Crippen molar-refractivity contribution >= 4 is 0 Å². The van der Waals surface area contributed by atoms with Crippen molar-refractivity contribution in [2.75, 3.05) is 0 Å². The van der Waals surface area contributed by atoms with Crippen molar-refractivity contribution in [3.8, 4) is 0 Å². The fourth-order valence-electron chi connectivity index (χ4n) is 1.64. The third-order valence-corrected chi connectivity index (χ3v) is 2.87. The summed E-state index contributed by atoms with van der Waals surface area (Å²) in [5, 5.41) is 3.47. The van der Waals surface area contributed by atoms with E-state index in [1.54, 1.807) is 0 Å². The summed E-state index contributed by atoms with van der Waals surface area (Å²) in [6, 6.07) is 0.942. The lowest BCUT2D eigenvalue weighted by Crippen LogP contribution is -2.38. The van der Waals surface area contributed by atoms with Gasteiger partial charge >= 0.3 is 0 Å². The maximum Gasteiger partial charge on any atom is 0.102 e. The van der Waals surface area contributed by atoms with Crippen LogP contribution in [0, 0.1) is 5.92 Å². The van der Waals surface area contributed by atoms with E-state index in [0.717, 1.165) is 19.3 Å². The molecular formula is C10H20FN. The lowest BCUT2D eigenvalue weighted by molar-refractivity contribution is 0.319. The van der Waals surface area contributed by atoms with Crippen LogP contribution in [0.1, 0.15) is 40.0 Å². The van der Waals surface area contributed by atoms with E-state index in [2.05, 4.69) is 26.1 Å². The van der Waals surface area contributed by atoms with Crippen molar-refractivity contribution in [1.29, 1.82) is 0 Å². The van der Waals surface area contributed by atoms with Gasteiger partial charge in [-0.05, 0) is 32.1 Å². The van der Waals surface area contributed by atoms with Crippen LogP contribution in [0.5, 0.6) is 0 Å². The van der Waals surface area contributed by atoms with Gasteiger partial charge in [-0.3, -0.25) is 0 Å². The second kappa shape index (κ2) is 4.22. The Balaban J connectivity index is 2.23. The molecule has 1 N–H and O–H groups in total. The van der Waals surface area contributed by atoms with Crippen molar-refractivity contribution in [3.05, 3.63) is 0 Å². The molecule has 12 heavy (non-hydrogen) atoms. The lowest BCUT2D eigenvalue weighted by atomic mass is 10.1. The van der Waals surface area contributed by atoms with Crippen LogP contribution < -0.4 is 5.32 Å². The number of hydrogen-bond acceptors (Lipinski definition) is 1. The number of halogens is 1. The van der Waals surface area contributed by atoms with Crippen LogP contribution in [0.4, 0.5) is 4.39 Å². The van der Waals surface area contributed by atoms with Gasteiger partial charge in [-0.1, -0.05) is 13.8 Å². The smallest absolute Gasteiger partial charge is 0.102 e. The standard InChI is InChI=1S/C10H20FN/c1-7(2)8(3)12-10-5-4-9(11)6-10/h7-10,12H,4-6H2,1-3H3. The molecular weight excluding hydrogens is 153 g/mol. The van der Waals surface area contributed by atoms with Gasteiger partial charge in [0.2, 0.25) is 0 Å². The van der Waals surface area contributed by atoms with E-state index in [1.807, 2.05) is 0 Å². The number of nitrogens with one attached hydrogen (secondary N) is 1. The van der Waals surface area contributed by atoms with Crippen molar-refractivity contribution < 1.29 is 4.39 Å². The fraction of sp³-hybridized carbons (Fsp3) is 1.00. The van der Waals surface area contributed by atoms with Crippen molar-refractivity contribution in [3.63, 3.8) is 0 Å². The van der Waals surface area contributed by atoms with Crippen LogP contribution >= 0.6 is 0 Å². The highest BCUT2D eigenvalue weighted by Gasteiger charge is 2.25. The van der Waals surface area contributed by atoms with E-state index in [1.165, 1.54) is 0 Å². The van der Waals surface area contributed by atoms with E-state index in [0.29, 0.717) is 18.0 Å². The molecule has 1 aliphatic rings. The van der Waals surface area contributed by atoms with Crippen LogP contribution in [0.15, 0.2) is 0 Å². The van der Waals surface area contributed by atoms with Crippen LogP contribution in [0.25, 0.3) is 0 Å². The second-order valence-corrected chi connectivity index (χ2v) is 4.31. The van der Waals surface area contributed by atoms with Gasteiger partial charge in [-0.2, -0.15) is 0 Å². The average molecular weight is 173 g/mol. The summed E-state index contributed by atoms with van der Waals surface area (Å²) in [6.07, 6.45) is 1.93. The Labute approximate surface area is 74.7 Å². The largest absolute Gasteiger partial charge is 0.311 e. The van der Waals surface area contributed by atoms with Crippen molar-refractivity contribution in [2.24, 2.45) is 5.92 Å². The van der Waals surface area contributed by atoms with Crippen molar-refractivity contribution in [2.45, 2.75) is 58.3 Å². The van der Waals surface area contributed by atoms with E-state index < -0.39 is 6.17 Å². The lowest BCUT2D eigenvalue weighted by Gasteiger charge is -2.22. The molecule has 0 aromatic heterocycles. The molecule has 0 bridgehead atoms. The molecule has 0 saturated heterocycles. The van der Waals surface area contributed by atoms with Crippen LogP contribution in [-0.4, -0.2) is 18.3 Å². The SMILES string of the molecule is CC(C)C(C)NC1CCC(F)C1. The Bertz CT molecular complexity index is 136. The first kappa shape index (κ1) is 9.97. The molecule has 3 atom stereocenters. The van der Waals surface area contributed by atoms with Gasteiger partial charge in [0.25, 0.3) is 0 Å². The molecule has 0 aromatic carbocycles. The molecule has 72 valence electrons. The summed E-state index contributed by atoms with van der Waals surface area (Å²) < 4.78 is 12.8. The minimum atomic E-state index is -0.554. The highest BCUT2D eigenvalue weighted by molar-refractivity contribution is 4.82. The van der Waals surface area contributed by atoms with Gasteiger partial charge in [0.05, 0.1) is 0 Å². The highest BCUT2D eigenvalue weighted by atomic mass is 19.1. The molecule has 3 unspecified atom stereocenters. The van der Waals surface area contributed by atoms with Crippen molar-refractivity contribution in [1.82, 2.24) is 5.32 Å². The van der Waals surface area contributed by atoms with Gasteiger partial charge in [-0.15, -0.1) is 0 Å². The Morgan fingerprint density at radius 1 is 1.25 bits per heavy atom. The predicted octanol–water partition coefficient (Wildman–Crippen LogP) is 2.51. The topological polar surface area (TPSA) is 12.0 Å². The Hall–Kier alpha value is -0.110. The summed E-state index contributed by atoms with van der Waals surface area (Å²) in [6.45, 7) is 6.56. The maximum atomic E-state index is 12.8. The second-order valence-electron chi connectivity index (χ2n) is 4.31. The summed E-state index contributed by atoms with van der Waals surface area (Å²) in [7, 11) is 0. The summed E-state index contributed by atoms with van der Waals surface area (Å²) in [5.74, 6) is 0.642. The number of alkyl halides is 1. The molecule has 0 aliphatic heterocycles. The molecule has 0 heterocycles. The van der Waals surface area contributed by atoms with Gasteiger partial charge in [0.15, 0.2) is 0 Å². The van der Waals surface area contributed by atoms with E-state index in [-0.39, 0.29) is 0 Å². The monoisotopic (exact) mass is 173 g/mol. The van der Waals surface area contributed by atoms with Crippen LogP contribution in [0.2, 0.25) is 0 Å². The average Bonchev–Trinajstić information content (AvgIpc) is 2.35. The zero-order valence-electron chi connectivity index (χ0n) is 8.31. The minimum absolute atomic E-state index is 0.428. The molecule has 1 aliphatic carbocycles. The first-order valence-corrected chi connectivity index (χ1v) is 4.99. The quantitative estimate of drug-likeness (QED) is 0.691. The van der Waals surface area contributed by atoms with Gasteiger partial charge in [0, 0.05) is 12.1 Å². The van der Waals surface area contributed by atoms with E-state index in [9.17, 15) is 4.39 Å². The highest BCUT2D eigenvalue weighted by Crippen LogP contribution is 2.22. The summed E-state index contributed by atoms with van der Waals surface area (Å²) >= 11 is 0. The number of rotatable bonds is 3. The first-order valence-electron chi connectivity index (χ1n) is 4.99. The van der Waals surface area contributed by atoms with Gasteiger partial charge < -0.3 is 5.32 Å². The van der Waals surface area contributed by atoms with E-state index in [4.69, 9.17) is 0 Å². The van der Waals surface area contributed by atoms with Gasteiger partial charge in [0.1, 0.15) is 6.17 Å². The summed E-state index contributed by atoms with van der Waals surface area (Å²) in [5.41, 5.74) is 0. The molecule has 0 spiro atoms.